The number of piperidine rings is 1. The summed E-state index contributed by atoms with van der Waals surface area (Å²) in [6, 6.07) is 30.6. The number of hydrogen-bond acceptors (Lipinski definition) is 10. The van der Waals surface area contributed by atoms with Crippen molar-refractivity contribution in [3.63, 3.8) is 0 Å². The molecule has 12 nitrogen and oxygen atoms in total. The molecule has 75 heavy (non-hydrogen) atoms. The van der Waals surface area contributed by atoms with E-state index in [2.05, 4.69) is 34.6 Å². The summed E-state index contributed by atoms with van der Waals surface area (Å²) in [5, 5.41) is 8.48. The van der Waals surface area contributed by atoms with Crippen molar-refractivity contribution in [2.75, 3.05) is 79.4 Å². The Labute approximate surface area is 449 Å². The number of likely N-dealkylation sites (tertiary alicyclic amines) is 1. The predicted octanol–water partition coefficient (Wildman–Crippen LogP) is 11.9. The fourth-order valence-electron chi connectivity index (χ4n) is 9.90. The number of sulfone groups is 1. The summed E-state index contributed by atoms with van der Waals surface area (Å²) in [6.45, 7) is 10.3. The Kier molecular flexibility index (Phi) is 17.7. The lowest BCUT2D eigenvalue weighted by molar-refractivity contribution is -0.0435. The van der Waals surface area contributed by atoms with Crippen LogP contribution in [0.25, 0.3) is 27.7 Å². The van der Waals surface area contributed by atoms with Gasteiger partial charge in [0.25, 0.3) is 19.9 Å². The Morgan fingerprint density at radius 3 is 2.05 bits per heavy atom. The lowest BCUT2D eigenvalue weighted by atomic mass is 9.99. The van der Waals surface area contributed by atoms with Crippen LogP contribution in [-0.2, 0) is 30.7 Å². The zero-order chi connectivity index (χ0) is 53.8. The first-order valence-corrected chi connectivity index (χ1v) is 30.5. The lowest BCUT2D eigenvalue weighted by Gasteiger charge is -2.38. The minimum absolute atomic E-state index is 0.00267. The van der Waals surface area contributed by atoms with Crippen molar-refractivity contribution in [2.45, 2.75) is 83.2 Å². The Morgan fingerprint density at radius 2 is 1.45 bits per heavy atom. The average Bonchev–Trinajstić information content (AvgIpc) is 3.70. The maximum Gasteiger partial charge on any atom is 0.501 e. The average molecular weight is 1130 g/mol. The SMILES string of the molecule is CNC1CCN(CC[C@H](CSc2ccccc2)[N-]c2ccc(S(=O)(=O)Nc3ccc(N4CCN(c5cc(F)cc(-c6c(S(C)=O)c(C)n(C(C)C)c6-c6ccc(Cl)cc6)c5)CC4)cc3)cc2S(=O)(=O)C(F)(F)F)CC1. The highest BCUT2D eigenvalue weighted by Crippen LogP contribution is 2.45. The van der Waals surface area contributed by atoms with Crippen molar-refractivity contribution in [3.8, 4) is 22.4 Å². The van der Waals surface area contributed by atoms with Crippen LogP contribution in [0.2, 0.25) is 5.02 Å². The van der Waals surface area contributed by atoms with E-state index >= 15 is 4.39 Å². The molecular formula is C54H61ClF4N7O5S4-. The van der Waals surface area contributed by atoms with Crippen LogP contribution < -0.4 is 19.8 Å². The van der Waals surface area contributed by atoms with Crippen LogP contribution in [0.4, 0.5) is 40.3 Å². The van der Waals surface area contributed by atoms with E-state index in [0.29, 0.717) is 83.7 Å². The topological polar surface area (TPSA) is 138 Å². The highest BCUT2D eigenvalue weighted by atomic mass is 35.5. The van der Waals surface area contributed by atoms with Gasteiger partial charge in [-0.3, -0.25) is 8.93 Å². The van der Waals surface area contributed by atoms with Gasteiger partial charge in [0.2, 0.25) is 0 Å². The molecule has 8 rings (SSSR count). The van der Waals surface area contributed by atoms with E-state index in [0.717, 1.165) is 65.6 Å². The fraction of sp³-hybridized carbons (Fsp3) is 0.370. The number of aromatic nitrogens is 1. The van der Waals surface area contributed by atoms with Crippen molar-refractivity contribution >= 4 is 76.8 Å². The molecule has 0 radical (unpaired) electrons. The van der Waals surface area contributed by atoms with Crippen molar-refractivity contribution in [1.29, 1.82) is 0 Å². The van der Waals surface area contributed by atoms with E-state index in [1.807, 2.05) is 76.3 Å². The van der Waals surface area contributed by atoms with Crippen molar-refractivity contribution in [2.24, 2.45) is 0 Å². The van der Waals surface area contributed by atoms with Gasteiger partial charge in [-0.05, 0) is 156 Å². The number of halogens is 5. The van der Waals surface area contributed by atoms with Crippen LogP contribution in [0, 0.1) is 12.7 Å². The molecule has 0 spiro atoms. The molecular weight excluding hydrogens is 1070 g/mol. The summed E-state index contributed by atoms with van der Waals surface area (Å²) in [5.41, 5.74) is -0.891. The van der Waals surface area contributed by atoms with Crippen LogP contribution in [-0.4, -0.2) is 113 Å². The molecule has 0 aliphatic carbocycles. The smallest absolute Gasteiger partial charge is 0.501 e. The van der Waals surface area contributed by atoms with Gasteiger partial charge in [0, 0.05) is 82.8 Å². The van der Waals surface area contributed by atoms with Gasteiger partial charge in [0.1, 0.15) is 5.82 Å². The number of hydrogen-bond donors (Lipinski definition) is 2. The summed E-state index contributed by atoms with van der Waals surface area (Å²) in [6.07, 6.45) is 3.94. The lowest BCUT2D eigenvalue weighted by Crippen LogP contribution is -2.46. The molecule has 5 aromatic carbocycles. The third-order valence-electron chi connectivity index (χ3n) is 13.7. The Balaban J connectivity index is 0.976. The van der Waals surface area contributed by atoms with E-state index in [9.17, 15) is 34.2 Å². The van der Waals surface area contributed by atoms with Crippen LogP contribution in [0.3, 0.4) is 0 Å². The maximum atomic E-state index is 15.7. The maximum absolute atomic E-state index is 15.7. The summed E-state index contributed by atoms with van der Waals surface area (Å²) in [5.74, 6) is -0.100. The van der Waals surface area contributed by atoms with Crippen molar-refractivity contribution in [3.05, 3.63) is 137 Å². The number of nitrogens with zero attached hydrogens (tertiary/aromatic N) is 5. The molecule has 0 saturated carbocycles. The third kappa shape index (κ3) is 13.0. The van der Waals surface area contributed by atoms with Gasteiger partial charge in [-0.15, -0.1) is 23.5 Å². The summed E-state index contributed by atoms with van der Waals surface area (Å²) in [7, 11) is -10.2. The first-order valence-electron chi connectivity index (χ1n) is 24.6. The second-order valence-electron chi connectivity index (χ2n) is 19.1. The van der Waals surface area contributed by atoms with E-state index in [4.69, 9.17) is 11.6 Å². The number of nitrogens with one attached hydrogen (secondary N) is 2. The molecule has 2 saturated heterocycles. The molecule has 0 amide bonds. The Hall–Kier alpha value is -5.09. The second kappa shape index (κ2) is 23.7. The second-order valence-corrected chi connectivity index (χ2v) is 25.5. The van der Waals surface area contributed by atoms with Crippen molar-refractivity contribution < 1.29 is 38.6 Å². The summed E-state index contributed by atoms with van der Waals surface area (Å²) in [4.78, 5) is 6.05. The minimum atomic E-state index is -6.05. The van der Waals surface area contributed by atoms with Crippen LogP contribution in [0.5, 0.6) is 0 Å². The zero-order valence-electron chi connectivity index (χ0n) is 42.3. The van der Waals surface area contributed by atoms with Crippen LogP contribution >= 0.6 is 23.4 Å². The summed E-state index contributed by atoms with van der Waals surface area (Å²) < 4.78 is 131. The normalized spacial score (nSPS) is 16.1. The van der Waals surface area contributed by atoms with E-state index < -0.39 is 63.5 Å². The van der Waals surface area contributed by atoms with Crippen LogP contribution in [0.1, 0.15) is 44.8 Å². The van der Waals surface area contributed by atoms with Gasteiger partial charge in [0.15, 0.2) is 0 Å². The van der Waals surface area contributed by atoms with Gasteiger partial charge in [-0.2, -0.15) is 13.2 Å². The first kappa shape index (κ1) is 56.1. The zero-order valence-corrected chi connectivity index (χ0v) is 46.3. The molecule has 2 fully saturated rings. The standard InChI is InChI=1S/C54H61ClF4N7O5S4/c1-36(2)66-37(3)53(73(5)67)51(52(66)38-11-13-40(55)14-12-38)39-31-41(56)33-46(32-39)65-29-27-64(28-30-65)45-17-15-43(16-18-45)62-75(70,71)48-19-20-49(50(34-48)74(68,69)54(57,58)59)61-44(35-72-47-9-7-6-8-10-47)23-26-63-24-21-42(60-4)22-25-63/h6-20,31-34,36,42,44,60,62H,21-30,35H2,1-5H3/q-1/t44-,73?/m1/s1. The van der Waals surface area contributed by atoms with Gasteiger partial charge >= 0.3 is 5.51 Å². The number of anilines is 3. The van der Waals surface area contributed by atoms with E-state index in [-0.39, 0.29) is 11.7 Å². The Bertz CT molecular complexity index is 3200. The van der Waals surface area contributed by atoms with E-state index in [1.165, 1.54) is 36.0 Å². The molecule has 1 unspecified atom stereocenters. The van der Waals surface area contributed by atoms with Gasteiger partial charge in [0.05, 0.1) is 31.2 Å². The highest BCUT2D eigenvalue weighted by molar-refractivity contribution is 7.99. The number of benzene rings is 5. The van der Waals surface area contributed by atoms with E-state index in [1.54, 1.807) is 30.5 Å². The largest absolute Gasteiger partial charge is 0.680 e. The molecule has 6 aromatic rings. The molecule has 2 aliphatic rings. The minimum Gasteiger partial charge on any atom is -0.680 e. The number of alkyl halides is 3. The number of sulfonamides is 1. The molecule has 2 N–H and O–H groups in total. The third-order valence-corrected chi connectivity index (χ3v) is 19.1. The number of rotatable bonds is 19. The Morgan fingerprint density at radius 1 is 0.813 bits per heavy atom. The molecule has 2 aliphatic heterocycles. The summed E-state index contributed by atoms with van der Waals surface area (Å²) >= 11 is 7.72. The monoisotopic (exact) mass is 1130 g/mol. The molecule has 2 atom stereocenters. The molecule has 3 heterocycles. The highest BCUT2D eigenvalue weighted by Gasteiger charge is 2.47. The molecule has 21 heteroatoms. The van der Waals surface area contributed by atoms with Crippen LogP contribution in [0.15, 0.2) is 135 Å². The fourth-order valence-corrected chi connectivity index (χ4v) is 14.1. The molecule has 0 bridgehead atoms. The van der Waals surface area contributed by atoms with Gasteiger partial charge in [-0.25, -0.2) is 21.2 Å². The van der Waals surface area contributed by atoms with Crippen molar-refractivity contribution in [1.82, 2.24) is 14.8 Å². The number of piperazine rings is 1. The molecule has 1 aromatic heterocycles. The van der Waals surface area contributed by atoms with Gasteiger partial charge in [-0.1, -0.05) is 54.4 Å². The number of thioether (sulfide) groups is 1. The van der Waals surface area contributed by atoms with Gasteiger partial charge < -0.3 is 29.9 Å². The molecule has 402 valence electrons. The predicted molar refractivity (Wildman–Crippen MR) is 296 cm³/mol. The first-order chi connectivity index (χ1) is 35.6. The quantitative estimate of drug-likeness (QED) is 0.0595.